The maximum absolute atomic E-state index is 13.4. The smallest absolute Gasteiger partial charge is 0.245 e. The van der Waals surface area contributed by atoms with E-state index >= 15 is 0 Å². The molecule has 1 amide bonds. The van der Waals surface area contributed by atoms with E-state index in [9.17, 15) is 22.0 Å². The topological polar surface area (TPSA) is 66.5 Å². The normalized spacial score (nSPS) is 11.2. The average molecular weight is 368 g/mol. The van der Waals surface area contributed by atoms with Crippen LogP contribution in [0.15, 0.2) is 36.4 Å². The zero-order valence-corrected chi connectivity index (χ0v) is 14.8. The molecule has 0 aliphatic heterocycles. The van der Waals surface area contributed by atoms with Gasteiger partial charge in [-0.25, -0.2) is 17.2 Å². The van der Waals surface area contributed by atoms with Crippen LogP contribution in [0.4, 0.5) is 20.2 Å². The number of amides is 1. The molecule has 0 heterocycles. The van der Waals surface area contributed by atoms with E-state index in [1.54, 1.807) is 6.07 Å². The van der Waals surface area contributed by atoms with Gasteiger partial charge in [0.2, 0.25) is 15.9 Å². The summed E-state index contributed by atoms with van der Waals surface area (Å²) in [5.41, 5.74) is 2.27. The van der Waals surface area contributed by atoms with E-state index in [-0.39, 0.29) is 5.69 Å². The van der Waals surface area contributed by atoms with Gasteiger partial charge in [0.15, 0.2) is 11.6 Å². The Bertz CT molecular complexity index is 914. The molecule has 0 saturated carbocycles. The average Bonchev–Trinajstić information content (AvgIpc) is 2.49. The molecule has 25 heavy (non-hydrogen) atoms. The second kappa shape index (κ2) is 7.18. The number of halogens is 2. The van der Waals surface area contributed by atoms with Gasteiger partial charge in [0.05, 0.1) is 11.9 Å². The molecule has 5 nitrogen and oxygen atoms in total. The van der Waals surface area contributed by atoms with Crippen LogP contribution in [0.3, 0.4) is 0 Å². The maximum atomic E-state index is 13.4. The maximum Gasteiger partial charge on any atom is 0.245 e. The minimum Gasteiger partial charge on any atom is -0.324 e. The number of anilines is 2. The second-order valence-electron chi connectivity index (χ2n) is 5.73. The summed E-state index contributed by atoms with van der Waals surface area (Å²) in [6, 6.07) is 8.05. The number of nitrogens with zero attached hydrogens (tertiary/aromatic N) is 1. The Balaban J connectivity index is 2.25. The summed E-state index contributed by atoms with van der Waals surface area (Å²) >= 11 is 0. The minimum absolute atomic E-state index is 0.128. The van der Waals surface area contributed by atoms with E-state index in [1.165, 1.54) is 0 Å². The summed E-state index contributed by atoms with van der Waals surface area (Å²) < 4.78 is 51.1. The largest absolute Gasteiger partial charge is 0.324 e. The number of carbonyl (C=O) groups is 1. The van der Waals surface area contributed by atoms with Crippen molar-refractivity contribution in [3.8, 4) is 0 Å². The van der Waals surface area contributed by atoms with E-state index < -0.39 is 34.1 Å². The van der Waals surface area contributed by atoms with Gasteiger partial charge in [-0.1, -0.05) is 17.7 Å². The highest BCUT2D eigenvalue weighted by Gasteiger charge is 2.22. The van der Waals surface area contributed by atoms with E-state index in [4.69, 9.17) is 0 Å². The molecular weight excluding hydrogens is 350 g/mol. The van der Waals surface area contributed by atoms with Crippen LogP contribution < -0.4 is 9.62 Å². The van der Waals surface area contributed by atoms with Gasteiger partial charge in [-0.15, -0.1) is 0 Å². The molecule has 0 unspecified atom stereocenters. The molecule has 0 spiro atoms. The Kier molecular flexibility index (Phi) is 5.42. The minimum atomic E-state index is -3.87. The Morgan fingerprint density at radius 2 is 1.76 bits per heavy atom. The first-order valence-electron chi connectivity index (χ1n) is 7.38. The number of aryl methyl sites for hydroxylation is 2. The molecule has 2 aromatic carbocycles. The van der Waals surface area contributed by atoms with Crippen molar-refractivity contribution >= 4 is 27.3 Å². The summed E-state index contributed by atoms with van der Waals surface area (Å²) in [4.78, 5) is 12.2. The number of hydrogen-bond donors (Lipinski definition) is 1. The third-order valence-electron chi connectivity index (χ3n) is 3.53. The molecule has 0 bridgehead atoms. The third-order valence-corrected chi connectivity index (χ3v) is 4.68. The molecule has 0 aromatic heterocycles. The Morgan fingerprint density at radius 1 is 1.08 bits per heavy atom. The predicted molar refractivity (Wildman–Crippen MR) is 93.1 cm³/mol. The van der Waals surface area contributed by atoms with Gasteiger partial charge >= 0.3 is 0 Å². The summed E-state index contributed by atoms with van der Waals surface area (Å²) in [6.45, 7) is 3.16. The lowest BCUT2D eigenvalue weighted by Crippen LogP contribution is -2.37. The predicted octanol–water partition coefficient (Wildman–Crippen LogP) is 2.99. The lowest BCUT2D eigenvalue weighted by atomic mass is 10.1. The van der Waals surface area contributed by atoms with Gasteiger partial charge in [-0.05, 0) is 37.6 Å². The SMILES string of the molecule is Cc1ccc(NC(=O)CN(c2ccc(F)c(F)c2)S(C)(=O)=O)c(C)c1. The van der Waals surface area contributed by atoms with Crippen molar-refractivity contribution in [1.29, 1.82) is 0 Å². The molecular formula is C17H18F2N2O3S. The van der Waals surface area contributed by atoms with Crippen LogP contribution in [-0.2, 0) is 14.8 Å². The molecule has 0 fully saturated rings. The van der Waals surface area contributed by atoms with Gasteiger partial charge < -0.3 is 5.32 Å². The third kappa shape index (κ3) is 4.76. The lowest BCUT2D eigenvalue weighted by Gasteiger charge is -2.22. The standard InChI is InChI=1S/C17H18F2N2O3S/c1-11-4-7-16(12(2)8-11)20-17(22)10-21(25(3,23)24)13-5-6-14(18)15(19)9-13/h4-9H,10H2,1-3H3,(H,20,22). The molecule has 2 aromatic rings. The molecule has 0 radical (unpaired) electrons. The first-order valence-corrected chi connectivity index (χ1v) is 9.22. The molecule has 8 heteroatoms. The van der Waals surface area contributed by atoms with Crippen LogP contribution in [0.2, 0.25) is 0 Å². The Morgan fingerprint density at radius 3 is 2.32 bits per heavy atom. The highest BCUT2D eigenvalue weighted by Crippen LogP contribution is 2.21. The molecule has 134 valence electrons. The molecule has 0 aliphatic carbocycles. The summed E-state index contributed by atoms with van der Waals surface area (Å²) in [6.07, 6.45) is 0.888. The summed E-state index contributed by atoms with van der Waals surface area (Å²) in [5, 5.41) is 2.62. The highest BCUT2D eigenvalue weighted by molar-refractivity contribution is 7.92. The molecule has 1 N–H and O–H groups in total. The van der Waals surface area contributed by atoms with Crippen molar-refractivity contribution in [2.24, 2.45) is 0 Å². The highest BCUT2D eigenvalue weighted by atomic mass is 32.2. The fraction of sp³-hybridized carbons (Fsp3) is 0.235. The van der Waals surface area contributed by atoms with Crippen LogP contribution >= 0.6 is 0 Å². The van der Waals surface area contributed by atoms with Crippen molar-refractivity contribution in [2.75, 3.05) is 22.4 Å². The molecule has 0 atom stereocenters. The van der Waals surface area contributed by atoms with Gasteiger partial charge in [0.25, 0.3) is 0 Å². The van der Waals surface area contributed by atoms with Crippen molar-refractivity contribution in [1.82, 2.24) is 0 Å². The first kappa shape index (κ1) is 18.9. The number of nitrogens with one attached hydrogen (secondary N) is 1. The van der Waals surface area contributed by atoms with Gasteiger partial charge in [-0.3, -0.25) is 9.10 Å². The van der Waals surface area contributed by atoms with Crippen LogP contribution in [0.25, 0.3) is 0 Å². The van der Waals surface area contributed by atoms with E-state index in [0.717, 1.165) is 35.6 Å². The van der Waals surface area contributed by atoms with Gasteiger partial charge in [-0.2, -0.15) is 0 Å². The van der Waals surface area contributed by atoms with Crippen LogP contribution in [0, 0.1) is 25.5 Å². The number of benzene rings is 2. The van der Waals surface area contributed by atoms with Crippen molar-refractivity contribution in [3.63, 3.8) is 0 Å². The summed E-state index contributed by atoms with van der Waals surface area (Å²) in [7, 11) is -3.87. The quantitative estimate of drug-likeness (QED) is 0.882. The fourth-order valence-electron chi connectivity index (χ4n) is 2.31. The Labute approximate surface area is 145 Å². The molecule has 2 rings (SSSR count). The zero-order valence-electron chi connectivity index (χ0n) is 14.0. The van der Waals surface area contributed by atoms with Crippen molar-refractivity contribution in [2.45, 2.75) is 13.8 Å². The van der Waals surface area contributed by atoms with E-state index in [0.29, 0.717) is 9.99 Å². The number of carbonyl (C=O) groups excluding carboxylic acids is 1. The number of hydrogen-bond acceptors (Lipinski definition) is 3. The first-order chi connectivity index (χ1) is 11.6. The van der Waals surface area contributed by atoms with Crippen molar-refractivity contribution in [3.05, 3.63) is 59.2 Å². The number of sulfonamides is 1. The fourth-order valence-corrected chi connectivity index (χ4v) is 3.16. The zero-order chi connectivity index (χ0) is 18.8. The van der Waals surface area contributed by atoms with Crippen LogP contribution in [0.1, 0.15) is 11.1 Å². The van der Waals surface area contributed by atoms with Crippen LogP contribution in [-0.4, -0.2) is 27.1 Å². The van der Waals surface area contributed by atoms with E-state index in [1.807, 2.05) is 26.0 Å². The Hall–Kier alpha value is -2.48. The second-order valence-corrected chi connectivity index (χ2v) is 7.64. The van der Waals surface area contributed by atoms with Gasteiger partial charge in [0.1, 0.15) is 6.54 Å². The monoisotopic (exact) mass is 368 g/mol. The van der Waals surface area contributed by atoms with E-state index in [2.05, 4.69) is 5.32 Å². The lowest BCUT2D eigenvalue weighted by molar-refractivity contribution is -0.114. The van der Waals surface area contributed by atoms with Crippen LogP contribution in [0.5, 0.6) is 0 Å². The summed E-state index contributed by atoms with van der Waals surface area (Å²) in [5.74, 6) is -2.89. The molecule has 0 saturated heterocycles. The van der Waals surface area contributed by atoms with Crippen molar-refractivity contribution < 1.29 is 22.0 Å². The number of rotatable bonds is 5. The molecule has 0 aliphatic rings. The van der Waals surface area contributed by atoms with Gasteiger partial charge in [0, 0.05) is 11.8 Å².